The van der Waals surface area contributed by atoms with Gasteiger partial charge in [-0.2, -0.15) is 10.2 Å². The molecular weight excluding hydrogens is 604 g/mol. The van der Waals surface area contributed by atoms with E-state index >= 15 is 0 Å². The second kappa shape index (κ2) is 11.3. The smallest absolute Gasteiger partial charge is 0.212 e. The fourth-order valence-electron chi connectivity index (χ4n) is 4.58. The molecule has 6 rings (SSSR count). The van der Waals surface area contributed by atoms with Crippen molar-refractivity contribution < 1.29 is 9.59 Å². The van der Waals surface area contributed by atoms with E-state index in [0.29, 0.717) is 42.6 Å². The molecule has 0 saturated carbocycles. The van der Waals surface area contributed by atoms with Crippen molar-refractivity contribution in [1.29, 1.82) is 0 Å². The van der Waals surface area contributed by atoms with Crippen LogP contribution in [-0.4, -0.2) is 35.3 Å². The highest BCUT2D eigenvalue weighted by atomic mass is 35.5. The molecule has 11 heteroatoms. The van der Waals surface area contributed by atoms with Crippen LogP contribution in [0.3, 0.4) is 0 Å². The molecule has 7 nitrogen and oxygen atoms in total. The van der Waals surface area contributed by atoms with Gasteiger partial charge in [0.15, 0.2) is 12.3 Å². The van der Waals surface area contributed by atoms with Crippen molar-refractivity contribution >= 4 is 80.8 Å². The van der Waals surface area contributed by atoms with Crippen molar-refractivity contribution in [3.63, 3.8) is 0 Å². The highest BCUT2D eigenvalue weighted by Gasteiger charge is 2.46. The molecule has 2 bridgehead atoms. The number of hydrogen-bond acceptors (Lipinski definition) is 7. The van der Waals surface area contributed by atoms with E-state index in [9.17, 15) is 9.59 Å². The summed E-state index contributed by atoms with van der Waals surface area (Å²) in [6.07, 6.45) is -1.62. The van der Waals surface area contributed by atoms with Crippen molar-refractivity contribution in [3.8, 4) is 0 Å². The Morgan fingerprint density at radius 1 is 0.512 bits per heavy atom. The van der Waals surface area contributed by atoms with Gasteiger partial charge < -0.3 is 0 Å². The molecule has 0 fully saturated rings. The van der Waals surface area contributed by atoms with Crippen molar-refractivity contribution in [3.05, 3.63) is 128 Å². The first-order valence-corrected chi connectivity index (χ1v) is 13.9. The summed E-state index contributed by atoms with van der Waals surface area (Å²) in [6, 6.07) is 27.0. The van der Waals surface area contributed by atoms with E-state index in [-0.39, 0.29) is 23.0 Å². The zero-order chi connectivity index (χ0) is 28.7. The number of ketones is 2. The van der Waals surface area contributed by atoms with Crippen LogP contribution in [0.4, 0.5) is 11.4 Å². The van der Waals surface area contributed by atoms with Gasteiger partial charge in [0.25, 0.3) is 0 Å². The minimum Gasteiger partial charge on any atom is -0.287 e. The van der Waals surface area contributed by atoms with Crippen molar-refractivity contribution in [2.45, 2.75) is 12.3 Å². The Kier molecular flexibility index (Phi) is 7.55. The van der Waals surface area contributed by atoms with Gasteiger partial charge in [-0.25, -0.2) is 10.0 Å². The number of nitrogens with zero attached hydrogens (tertiary/aromatic N) is 4. The van der Waals surface area contributed by atoms with E-state index in [1.54, 1.807) is 107 Å². The van der Waals surface area contributed by atoms with Gasteiger partial charge in [-0.1, -0.05) is 46.4 Å². The molecule has 2 heterocycles. The van der Waals surface area contributed by atoms with E-state index < -0.39 is 12.3 Å². The zero-order valence-electron chi connectivity index (χ0n) is 21.0. The molecule has 4 aromatic rings. The maximum Gasteiger partial charge on any atom is 0.212 e. The molecule has 0 aromatic heterocycles. The molecule has 2 atom stereocenters. The summed E-state index contributed by atoms with van der Waals surface area (Å²) < 4.78 is 0. The van der Waals surface area contributed by atoms with Gasteiger partial charge in [0, 0.05) is 31.2 Å². The summed E-state index contributed by atoms with van der Waals surface area (Å²) in [5, 5.41) is 18.3. The fraction of sp³-hybridized carbons (Fsp3) is 0.0667. The molecule has 0 saturated heterocycles. The molecule has 2 aliphatic heterocycles. The topological polar surface area (TPSA) is 77.4 Å². The number of anilines is 2. The molecule has 1 N–H and O–H groups in total. The van der Waals surface area contributed by atoms with Gasteiger partial charge in [-0.05, 0) is 97.1 Å². The van der Waals surface area contributed by atoms with Crippen LogP contribution in [0.1, 0.15) is 20.7 Å². The second-order valence-corrected chi connectivity index (χ2v) is 11.0. The number of fused-ring (bicyclic) bond motifs is 2. The number of halogens is 4. The maximum absolute atomic E-state index is 13.9. The minimum absolute atomic E-state index is 0.162. The molecule has 0 spiro atoms. The van der Waals surface area contributed by atoms with Gasteiger partial charge in [0.05, 0.1) is 11.4 Å². The monoisotopic (exact) mass is 621 g/mol. The molecule has 0 aliphatic carbocycles. The summed E-state index contributed by atoms with van der Waals surface area (Å²) in [4.78, 5) is 27.8. The largest absolute Gasteiger partial charge is 0.287 e. The van der Waals surface area contributed by atoms with Crippen LogP contribution >= 0.6 is 46.4 Å². The summed E-state index contributed by atoms with van der Waals surface area (Å²) in [5.74, 6) is -0.670. The highest BCUT2D eigenvalue weighted by Crippen LogP contribution is 2.31. The second-order valence-electron chi connectivity index (χ2n) is 9.26. The van der Waals surface area contributed by atoms with Crippen LogP contribution in [0.5, 0.6) is 0 Å². The van der Waals surface area contributed by atoms with Gasteiger partial charge in [-0.15, -0.1) is 0 Å². The number of hydrazone groups is 2. The van der Waals surface area contributed by atoms with Crippen LogP contribution in [0.25, 0.3) is 0 Å². The maximum atomic E-state index is 13.9. The van der Waals surface area contributed by atoms with Crippen LogP contribution < -0.4 is 15.3 Å². The standard InChI is InChI=1S/C30H19Cl4N5O2/c31-19-5-1-17(2-6-19)27(40)25-29-35-30(39(36-25)24-15-11-22(34)12-16-24)26(28(41)18-3-7-20(32)8-4-18)37-38(29)23-13-9-21(33)10-14-23/h1-16,29-30,35H/t29-,30-/m1/s1. The number of rotatable bonds is 6. The summed E-state index contributed by atoms with van der Waals surface area (Å²) in [5.41, 5.74) is 2.32. The first-order chi connectivity index (χ1) is 19.8. The molecule has 0 amide bonds. The van der Waals surface area contributed by atoms with E-state index in [4.69, 9.17) is 56.6 Å². The Bertz CT molecular complexity index is 1560. The predicted molar refractivity (Wildman–Crippen MR) is 165 cm³/mol. The molecule has 41 heavy (non-hydrogen) atoms. The third-order valence-corrected chi connectivity index (χ3v) is 7.62. The first-order valence-electron chi connectivity index (χ1n) is 12.4. The van der Waals surface area contributed by atoms with Crippen molar-refractivity contribution in [1.82, 2.24) is 5.32 Å². The summed E-state index contributed by atoms with van der Waals surface area (Å²) in [6.45, 7) is 0. The lowest BCUT2D eigenvalue weighted by Crippen LogP contribution is -2.69. The summed E-state index contributed by atoms with van der Waals surface area (Å²) >= 11 is 24.5. The number of carbonyl (C=O) groups is 2. The fourth-order valence-corrected chi connectivity index (χ4v) is 5.08. The third kappa shape index (κ3) is 5.47. The van der Waals surface area contributed by atoms with E-state index in [1.807, 2.05) is 0 Å². The number of benzene rings is 4. The van der Waals surface area contributed by atoms with Crippen LogP contribution in [0, 0.1) is 0 Å². The van der Waals surface area contributed by atoms with E-state index in [1.165, 1.54) is 0 Å². The van der Waals surface area contributed by atoms with Crippen molar-refractivity contribution in [2.24, 2.45) is 10.2 Å². The van der Waals surface area contributed by atoms with Crippen LogP contribution in [-0.2, 0) is 0 Å². The minimum atomic E-state index is -0.810. The Balaban J connectivity index is 1.52. The number of carbonyl (C=O) groups excluding carboxylic acids is 2. The lowest BCUT2D eigenvalue weighted by Gasteiger charge is -2.45. The van der Waals surface area contributed by atoms with Gasteiger partial charge in [-0.3, -0.25) is 14.9 Å². The molecule has 4 aromatic carbocycles. The normalized spacial score (nSPS) is 18.0. The lowest BCUT2D eigenvalue weighted by molar-refractivity contribution is 0.105. The quantitative estimate of drug-likeness (QED) is 0.227. The number of hydrogen-bond donors (Lipinski definition) is 1. The Hall–Kier alpha value is -3.72. The Morgan fingerprint density at radius 3 is 1.12 bits per heavy atom. The third-order valence-electron chi connectivity index (χ3n) is 6.61. The average molecular weight is 623 g/mol. The molecular formula is C30H19Cl4N5O2. The zero-order valence-corrected chi connectivity index (χ0v) is 24.0. The van der Waals surface area contributed by atoms with E-state index in [2.05, 4.69) is 5.32 Å². The van der Waals surface area contributed by atoms with Gasteiger partial charge in [0.2, 0.25) is 11.6 Å². The number of nitrogens with one attached hydrogen (secondary N) is 1. The Morgan fingerprint density at radius 2 is 0.805 bits per heavy atom. The molecule has 0 unspecified atom stereocenters. The average Bonchev–Trinajstić information content (AvgIpc) is 2.99. The molecule has 2 aliphatic rings. The van der Waals surface area contributed by atoms with Gasteiger partial charge in [0.1, 0.15) is 11.4 Å². The van der Waals surface area contributed by atoms with Crippen molar-refractivity contribution in [2.75, 3.05) is 10.0 Å². The van der Waals surface area contributed by atoms with Gasteiger partial charge >= 0.3 is 0 Å². The predicted octanol–water partition coefficient (Wildman–Crippen LogP) is 7.36. The van der Waals surface area contributed by atoms with E-state index in [0.717, 1.165) is 0 Å². The SMILES string of the molecule is O=C(C1=NN(c2ccc(Cl)cc2)[C@H]2N[C@@H]1N(c1ccc(Cl)cc1)N=C2C(=O)c1ccc(Cl)cc1)c1ccc(Cl)cc1. The summed E-state index contributed by atoms with van der Waals surface area (Å²) in [7, 11) is 0. The Labute approximate surface area is 255 Å². The first kappa shape index (κ1) is 27.4. The highest BCUT2D eigenvalue weighted by molar-refractivity contribution is 6.51. The molecule has 0 radical (unpaired) electrons. The lowest BCUT2D eigenvalue weighted by atomic mass is 9.99. The van der Waals surface area contributed by atoms with Crippen LogP contribution in [0.2, 0.25) is 20.1 Å². The number of Topliss-reactive ketones (excluding diaryl/α,β-unsaturated/α-hetero) is 2. The molecule has 204 valence electrons. The van der Waals surface area contributed by atoms with Crippen LogP contribution in [0.15, 0.2) is 107 Å².